The minimum Gasteiger partial charge on any atom is -0.497 e. The minimum absolute atomic E-state index is 0.258. The normalized spacial score (nSPS) is 12.2. The maximum atomic E-state index is 6.06. The summed E-state index contributed by atoms with van der Waals surface area (Å²) in [6.07, 6.45) is 0.904. The van der Waals surface area contributed by atoms with Crippen LogP contribution in [0.1, 0.15) is 24.1 Å². The van der Waals surface area contributed by atoms with Crippen molar-refractivity contribution >= 4 is 11.6 Å². The fraction of sp³-hybridized carbons (Fsp3) is 0.294. The molecule has 2 aromatic rings. The van der Waals surface area contributed by atoms with E-state index < -0.39 is 0 Å². The third-order valence-electron chi connectivity index (χ3n) is 3.28. The third-order valence-corrected chi connectivity index (χ3v) is 3.51. The second-order valence-electron chi connectivity index (χ2n) is 4.72. The summed E-state index contributed by atoms with van der Waals surface area (Å²) in [5.74, 6) is 0.886. The predicted molar refractivity (Wildman–Crippen MR) is 84.6 cm³/mol. The Labute approximate surface area is 125 Å². The smallest absolute Gasteiger partial charge is 0.119 e. The van der Waals surface area contributed by atoms with Crippen LogP contribution in [-0.4, -0.2) is 13.7 Å². The standard InChI is InChI=1S/C17H20ClNO/c1-3-19-17(11-13-6-4-8-15(18)10-13)14-7-5-9-16(12-14)20-2/h4-10,12,17,19H,3,11H2,1-2H3. The number of benzene rings is 2. The Balaban J connectivity index is 2.21. The second-order valence-corrected chi connectivity index (χ2v) is 5.16. The van der Waals surface area contributed by atoms with Gasteiger partial charge < -0.3 is 10.1 Å². The lowest BCUT2D eigenvalue weighted by Crippen LogP contribution is -2.23. The van der Waals surface area contributed by atoms with E-state index in [1.165, 1.54) is 11.1 Å². The van der Waals surface area contributed by atoms with E-state index in [0.29, 0.717) is 0 Å². The van der Waals surface area contributed by atoms with Crippen LogP contribution >= 0.6 is 11.6 Å². The van der Waals surface area contributed by atoms with Crippen LogP contribution in [0.5, 0.6) is 5.75 Å². The number of nitrogens with one attached hydrogen (secondary N) is 1. The first kappa shape index (κ1) is 14.9. The van der Waals surface area contributed by atoms with E-state index in [1.54, 1.807) is 7.11 Å². The number of halogens is 1. The first-order valence-electron chi connectivity index (χ1n) is 6.84. The van der Waals surface area contributed by atoms with Crippen LogP contribution in [-0.2, 0) is 6.42 Å². The zero-order valence-electron chi connectivity index (χ0n) is 11.9. The largest absolute Gasteiger partial charge is 0.497 e. The molecule has 1 atom stereocenters. The summed E-state index contributed by atoms with van der Waals surface area (Å²) in [5, 5.41) is 4.30. The van der Waals surface area contributed by atoms with Crippen LogP contribution in [0, 0.1) is 0 Å². The fourth-order valence-corrected chi connectivity index (χ4v) is 2.53. The molecular formula is C17H20ClNO. The molecular weight excluding hydrogens is 270 g/mol. The van der Waals surface area contributed by atoms with Crippen molar-refractivity contribution in [2.24, 2.45) is 0 Å². The highest BCUT2D eigenvalue weighted by Crippen LogP contribution is 2.23. The number of hydrogen-bond donors (Lipinski definition) is 1. The van der Waals surface area contributed by atoms with Crippen LogP contribution in [0.3, 0.4) is 0 Å². The Morgan fingerprint density at radius 3 is 2.65 bits per heavy atom. The Kier molecular flexibility index (Phi) is 5.45. The van der Waals surface area contributed by atoms with Gasteiger partial charge in [0.05, 0.1) is 7.11 Å². The molecule has 0 heterocycles. The van der Waals surface area contributed by atoms with Gasteiger partial charge in [-0.15, -0.1) is 0 Å². The molecule has 0 aliphatic heterocycles. The molecule has 20 heavy (non-hydrogen) atoms. The van der Waals surface area contributed by atoms with E-state index in [-0.39, 0.29) is 6.04 Å². The van der Waals surface area contributed by atoms with Crippen molar-refractivity contribution in [3.63, 3.8) is 0 Å². The van der Waals surface area contributed by atoms with Gasteiger partial charge in [-0.05, 0) is 48.4 Å². The lowest BCUT2D eigenvalue weighted by molar-refractivity contribution is 0.413. The lowest BCUT2D eigenvalue weighted by atomic mass is 9.98. The number of ether oxygens (including phenoxy) is 1. The number of rotatable bonds is 6. The first-order valence-corrected chi connectivity index (χ1v) is 7.22. The average molecular weight is 290 g/mol. The van der Waals surface area contributed by atoms with Crippen LogP contribution in [0.25, 0.3) is 0 Å². The van der Waals surface area contributed by atoms with Gasteiger partial charge in [-0.1, -0.05) is 42.8 Å². The molecule has 106 valence electrons. The molecule has 0 spiro atoms. The molecule has 0 radical (unpaired) electrons. The molecule has 2 aromatic carbocycles. The third kappa shape index (κ3) is 3.99. The molecule has 0 fully saturated rings. The highest BCUT2D eigenvalue weighted by molar-refractivity contribution is 6.30. The summed E-state index contributed by atoms with van der Waals surface area (Å²) < 4.78 is 5.30. The Morgan fingerprint density at radius 1 is 1.15 bits per heavy atom. The summed E-state index contributed by atoms with van der Waals surface area (Å²) in [5.41, 5.74) is 2.46. The Morgan fingerprint density at radius 2 is 1.95 bits per heavy atom. The van der Waals surface area contributed by atoms with Gasteiger partial charge in [0.15, 0.2) is 0 Å². The Bertz CT molecular complexity index is 556. The monoisotopic (exact) mass is 289 g/mol. The molecule has 0 aliphatic carbocycles. The zero-order chi connectivity index (χ0) is 14.4. The fourth-order valence-electron chi connectivity index (χ4n) is 2.31. The molecule has 1 N–H and O–H groups in total. The number of methoxy groups -OCH3 is 1. The molecule has 0 aromatic heterocycles. The Hall–Kier alpha value is -1.51. The topological polar surface area (TPSA) is 21.3 Å². The number of likely N-dealkylation sites (N-methyl/N-ethyl adjacent to an activating group) is 1. The molecule has 0 saturated heterocycles. The van der Waals surface area contributed by atoms with Crippen molar-refractivity contribution in [3.05, 3.63) is 64.7 Å². The van der Waals surface area contributed by atoms with Gasteiger partial charge in [0.2, 0.25) is 0 Å². The SMILES string of the molecule is CCNC(Cc1cccc(Cl)c1)c1cccc(OC)c1. The minimum atomic E-state index is 0.258. The molecule has 2 nitrogen and oxygen atoms in total. The van der Waals surface area contributed by atoms with E-state index in [2.05, 4.69) is 30.4 Å². The molecule has 1 unspecified atom stereocenters. The van der Waals surface area contributed by atoms with Crippen molar-refractivity contribution in [2.75, 3.05) is 13.7 Å². The number of hydrogen-bond acceptors (Lipinski definition) is 2. The van der Waals surface area contributed by atoms with Crippen LogP contribution in [0.15, 0.2) is 48.5 Å². The zero-order valence-corrected chi connectivity index (χ0v) is 12.7. The first-order chi connectivity index (χ1) is 9.72. The van der Waals surface area contributed by atoms with E-state index in [0.717, 1.165) is 23.7 Å². The predicted octanol–water partition coefficient (Wildman–Crippen LogP) is 4.24. The van der Waals surface area contributed by atoms with E-state index in [1.807, 2.05) is 30.3 Å². The van der Waals surface area contributed by atoms with Gasteiger partial charge in [-0.2, -0.15) is 0 Å². The van der Waals surface area contributed by atoms with Crippen molar-refractivity contribution in [2.45, 2.75) is 19.4 Å². The van der Waals surface area contributed by atoms with Gasteiger partial charge in [0, 0.05) is 11.1 Å². The lowest BCUT2D eigenvalue weighted by Gasteiger charge is -2.19. The van der Waals surface area contributed by atoms with Gasteiger partial charge >= 0.3 is 0 Å². The van der Waals surface area contributed by atoms with Crippen LogP contribution in [0.4, 0.5) is 0 Å². The summed E-state index contributed by atoms with van der Waals surface area (Å²) in [4.78, 5) is 0. The maximum Gasteiger partial charge on any atom is 0.119 e. The second kappa shape index (κ2) is 7.32. The molecule has 0 aliphatic rings. The average Bonchev–Trinajstić information content (AvgIpc) is 2.47. The summed E-state index contributed by atoms with van der Waals surface area (Å²) >= 11 is 6.06. The summed E-state index contributed by atoms with van der Waals surface area (Å²) in [6, 6.07) is 16.5. The van der Waals surface area contributed by atoms with Crippen molar-refractivity contribution < 1.29 is 4.74 Å². The van der Waals surface area contributed by atoms with Crippen LogP contribution in [0.2, 0.25) is 5.02 Å². The van der Waals surface area contributed by atoms with Crippen molar-refractivity contribution in [3.8, 4) is 5.75 Å². The van der Waals surface area contributed by atoms with Gasteiger partial charge in [-0.3, -0.25) is 0 Å². The van der Waals surface area contributed by atoms with E-state index in [4.69, 9.17) is 16.3 Å². The summed E-state index contributed by atoms with van der Waals surface area (Å²) in [7, 11) is 1.69. The molecule has 2 rings (SSSR count). The summed E-state index contributed by atoms with van der Waals surface area (Å²) in [6.45, 7) is 3.04. The van der Waals surface area contributed by atoms with Crippen LogP contribution < -0.4 is 10.1 Å². The molecule has 3 heteroatoms. The van der Waals surface area contributed by atoms with Gasteiger partial charge in [0.1, 0.15) is 5.75 Å². The molecule has 0 saturated carbocycles. The molecule has 0 amide bonds. The van der Waals surface area contributed by atoms with Gasteiger partial charge in [-0.25, -0.2) is 0 Å². The van der Waals surface area contributed by atoms with Gasteiger partial charge in [0.25, 0.3) is 0 Å². The molecule has 0 bridgehead atoms. The highest BCUT2D eigenvalue weighted by atomic mass is 35.5. The maximum absolute atomic E-state index is 6.06. The van der Waals surface area contributed by atoms with E-state index >= 15 is 0 Å². The quantitative estimate of drug-likeness (QED) is 0.859. The van der Waals surface area contributed by atoms with Crippen molar-refractivity contribution in [1.29, 1.82) is 0 Å². The highest BCUT2D eigenvalue weighted by Gasteiger charge is 2.12. The van der Waals surface area contributed by atoms with Crippen molar-refractivity contribution in [1.82, 2.24) is 5.32 Å². The van der Waals surface area contributed by atoms with E-state index in [9.17, 15) is 0 Å².